The first-order chi connectivity index (χ1) is 15.2. The Morgan fingerprint density at radius 2 is 1.97 bits per heavy atom. The lowest BCUT2D eigenvalue weighted by Crippen LogP contribution is -2.47. The van der Waals surface area contributed by atoms with E-state index >= 15 is 0 Å². The molecule has 1 saturated carbocycles. The summed E-state index contributed by atoms with van der Waals surface area (Å²) in [5, 5.41) is 4.95. The second kappa shape index (κ2) is 10.6. The molecule has 2 amide bonds. The lowest BCUT2D eigenvalue weighted by molar-refractivity contribution is -0.137. The monoisotopic (exact) mass is 438 g/mol. The van der Waals surface area contributed by atoms with Gasteiger partial charge in [-0.05, 0) is 80.2 Å². The third kappa shape index (κ3) is 5.97. The van der Waals surface area contributed by atoms with E-state index in [1.807, 2.05) is 47.9 Å². The molecule has 0 radical (unpaired) electrons. The van der Waals surface area contributed by atoms with Gasteiger partial charge in [0.2, 0.25) is 11.8 Å². The molecule has 0 unspecified atom stereocenters. The lowest BCUT2D eigenvalue weighted by Gasteiger charge is -2.29. The molecule has 1 aliphatic carbocycles. The second-order valence-electron chi connectivity index (χ2n) is 8.29. The van der Waals surface area contributed by atoms with Crippen LogP contribution in [0.4, 0.5) is 0 Å². The summed E-state index contributed by atoms with van der Waals surface area (Å²) in [5.74, 6) is 0.641. The third-order valence-corrected chi connectivity index (χ3v) is 6.79. The minimum atomic E-state index is -0.456. The van der Waals surface area contributed by atoms with Crippen LogP contribution in [0, 0.1) is 0 Å². The van der Waals surface area contributed by atoms with Gasteiger partial charge in [-0.3, -0.25) is 9.59 Å². The normalized spacial score (nSPS) is 19.9. The van der Waals surface area contributed by atoms with Gasteiger partial charge in [-0.2, -0.15) is 0 Å². The molecule has 1 aromatic carbocycles. The van der Waals surface area contributed by atoms with Gasteiger partial charge in [0.25, 0.3) is 0 Å². The molecule has 164 valence electrons. The van der Waals surface area contributed by atoms with Crippen molar-refractivity contribution in [1.82, 2.24) is 10.2 Å². The number of ether oxygens (including phenoxy) is 1. The molecule has 2 heterocycles. The van der Waals surface area contributed by atoms with Crippen LogP contribution in [0.15, 0.2) is 47.9 Å². The largest absolute Gasteiger partial charge is 0.490 e. The number of nitrogens with zero attached hydrogens (tertiary/aromatic N) is 1. The molecule has 0 spiro atoms. The van der Waals surface area contributed by atoms with E-state index in [-0.39, 0.29) is 17.9 Å². The number of nitrogens with one attached hydrogen (secondary N) is 1. The molecular formula is C25H30N2O3S. The molecule has 1 aliphatic heterocycles. The smallest absolute Gasteiger partial charge is 0.247 e. The minimum Gasteiger partial charge on any atom is -0.490 e. The van der Waals surface area contributed by atoms with Gasteiger partial charge in [-0.25, -0.2) is 0 Å². The first-order valence-corrected chi connectivity index (χ1v) is 12.1. The van der Waals surface area contributed by atoms with E-state index in [0.29, 0.717) is 19.5 Å². The van der Waals surface area contributed by atoms with E-state index < -0.39 is 6.04 Å². The summed E-state index contributed by atoms with van der Waals surface area (Å²) in [6.07, 6.45) is 10.9. The maximum atomic E-state index is 13.2. The number of rotatable bonds is 7. The Morgan fingerprint density at radius 3 is 2.77 bits per heavy atom. The van der Waals surface area contributed by atoms with Crippen LogP contribution >= 0.6 is 11.3 Å². The van der Waals surface area contributed by atoms with Gasteiger partial charge in [0.1, 0.15) is 11.8 Å². The molecule has 1 aromatic heterocycles. The average molecular weight is 439 g/mol. The van der Waals surface area contributed by atoms with Crippen LogP contribution in [0.1, 0.15) is 55.4 Å². The van der Waals surface area contributed by atoms with Gasteiger partial charge >= 0.3 is 0 Å². The number of carbonyl (C=O) groups is 2. The fourth-order valence-electron chi connectivity index (χ4n) is 4.31. The lowest BCUT2D eigenvalue weighted by atomic mass is 10.1. The van der Waals surface area contributed by atoms with Crippen molar-refractivity contribution < 1.29 is 14.3 Å². The summed E-state index contributed by atoms with van der Waals surface area (Å²) in [6, 6.07) is 11.4. The van der Waals surface area contributed by atoms with Crippen LogP contribution in [0.25, 0.3) is 6.08 Å². The number of benzene rings is 1. The summed E-state index contributed by atoms with van der Waals surface area (Å²) in [6.45, 7) is 1.06. The van der Waals surface area contributed by atoms with Crippen LogP contribution in [-0.4, -0.2) is 35.4 Å². The molecule has 2 aromatic rings. The van der Waals surface area contributed by atoms with Crippen molar-refractivity contribution in [3.8, 4) is 5.75 Å². The van der Waals surface area contributed by atoms with Crippen molar-refractivity contribution in [1.29, 1.82) is 0 Å². The fourth-order valence-corrected chi connectivity index (χ4v) is 4.93. The van der Waals surface area contributed by atoms with Crippen LogP contribution in [0.5, 0.6) is 5.75 Å². The van der Waals surface area contributed by atoms with Crippen molar-refractivity contribution >= 4 is 29.2 Å². The zero-order valence-electron chi connectivity index (χ0n) is 17.8. The van der Waals surface area contributed by atoms with Crippen LogP contribution < -0.4 is 10.1 Å². The van der Waals surface area contributed by atoms with Gasteiger partial charge in [-0.15, -0.1) is 11.3 Å². The number of amides is 2. The molecule has 0 bridgehead atoms. The van der Waals surface area contributed by atoms with Crippen LogP contribution in [-0.2, 0) is 16.1 Å². The Bertz CT molecular complexity index is 903. The Morgan fingerprint density at radius 1 is 1.13 bits per heavy atom. The summed E-state index contributed by atoms with van der Waals surface area (Å²) in [4.78, 5) is 28.7. The van der Waals surface area contributed by atoms with E-state index in [4.69, 9.17) is 4.74 Å². The third-order valence-electron chi connectivity index (χ3n) is 5.96. The predicted molar refractivity (Wildman–Crippen MR) is 124 cm³/mol. The SMILES string of the molecule is O=C1NCCCC[C@@H]1N(Cc1cccc(OC2CCCC2)c1)C(=O)/C=C/c1cccs1. The number of thiophene rings is 1. The highest BCUT2D eigenvalue weighted by atomic mass is 32.1. The van der Waals surface area contributed by atoms with Gasteiger partial charge in [-0.1, -0.05) is 18.2 Å². The fraction of sp³-hybridized carbons (Fsp3) is 0.440. The van der Waals surface area contributed by atoms with Crippen LogP contribution in [0.2, 0.25) is 0 Å². The standard InChI is InChI=1S/C25H30N2O3S/c28-24(14-13-22-11-6-16-31-22)27(23-12-3-4-15-26-25(23)29)18-19-7-5-10-21(17-19)30-20-8-1-2-9-20/h5-7,10-11,13-14,16-17,20,23H,1-4,8-9,12,15,18H2,(H,26,29)/b14-13+/t23-/m0/s1. The van der Waals surface area contributed by atoms with Gasteiger partial charge < -0.3 is 15.0 Å². The van der Waals surface area contributed by atoms with Gasteiger partial charge in [0.05, 0.1) is 6.10 Å². The number of hydrogen-bond donors (Lipinski definition) is 1. The Kier molecular flexibility index (Phi) is 7.41. The van der Waals surface area contributed by atoms with Gasteiger partial charge in [0.15, 0.2) is 0 Å². The molecule has 31 heavy (non-hydrogen) atoms. The van der Waals surface area contributed by atoms with Gasteiger partial charge in [0, 0.05) is 24.0 Å². The molecule has 1 atom stereocenters. The van der Waals surface area contributed by atoms with Crippen molar-refractivity contribution in [3.63, 3.8) is 0 Å². The molecule has 1 N–H and O–H groups in total. The highest BCUT2D eigenvalue weighted by molar-refractivity contribution is 7.10. The Balaban J connectivity index is 1.53. The molecule has 5 nitrogen and oxygen atoms in total. The quantitative estimate of drug-likeness (QED) is 0.633. The van der Waals surface area contributed by atoms with E-state index in [2.05, 4.69) is 5.32 Å². The summed E-state index contributed by atoms with van der Waals surface area (Å²) in [7, 11) is 0. The summed E-state index contributed by atoms with van der Waals surface area (Å²) >= 11 is 1.58. The average Bonchev–Trinajstić information content (AvgIpc) is 3.44. The first-order valence-electron chi connectivity index (χ1n) is 11.2. The topological polar surface area (TPSA) is 58.6 Å². The van der Waals surface area contributed by atoms with Crippen molar-refractivity contribution in [2.24, 2.45) is 0 Å². The second-order valence-corrected chi connectivity index (χ2v) is 9.27. The maximum absolute atomic E-state index is 13.2. The Hall–Kier alpha value is -2.60. The molecule has 6 heteroatoms. The molecular weight excluding hydrogens is 408 g/mol. The van der Waals surface area contributed by atoms with Crippen molar-refractivity contribution in [2.75, 3.05) is 6.54 Å². The van der Waals surface area contributed by atoms with E-state index in [9.17, 15) is 9.59 Å². The Labute approximate surface area is 188 Å². The molecule has 2 fully saturated rings. The van der Waals surface area contributed by atoms with E-state index in [1.165, 1.54) is 12.8 Å². The van der Waals surface area contributed by atoms with E-state index in [0.717, 1.165) is 41.9 Å². The first kappa shape index (κ1) is 21.6. The molecule has 2 aliphatic rings. The zero-order chi connectivity index (χ0) is 21.5. The minimum absolute atomic E-state index is 0.0614. The highest BCUT2D eigenvalue weighted by Gasteiger charge is 2.30. The summed E-state index contributed by atoms with van der Waals surface area (Å²) in [5.41, 5.74) is 0.977. The molecule has 4 rings (SSSR count). The highest BCUT2D eigenvalue weighted by Crippen LogP contribution is 2.26. The van der Waals surface area contributed by atoms with Crippen LogP contribution in [0.3, 0.4) is 0 Å². The summed E-state index contributed by atoms with van der Waals surface area (Å²) < 4.78 is 6.15. The van der Waals surface area contributed by atoms with Crippen molar-refractivity contribution in [2.45, 2.75) is 63.6 Å². The predicted octanol–water partition coefficient (Wildman–Crippen LogP) is 4.78. The molecule has 1 saturated heterocycles. The maximum Gasteiger partial charge on any atom is 0.247 e. The zero-order valence-corrected chi connectivity index (χ0v) is 18.6. The van der Waals surface area contributed by atoms with Crippen molar-refractivity contribution in [3.05, 3.63) is 58.3 Å². The number of carbonyl (C=O) groups excluding carboxylic acids is 2. The number of hydrogen-bond acceptors (Lipinski definition) is 4. The van der Waals surface area contributed by atoms with E-state index in [1.54, 1.807) is 22.3 Å².